The zero-order valence-electron chi connectivity index (χ0n) is 16.9. The molecule has 0 spiro atoms. The minimum absolute atomic E-state index is 0.141. The number of hydrogen-bond donors (Lipinski definition) is 1. The Hall–Kier alpha value is -3.22. The molecule has 2 amide bonds. The summed E-state index contributed by atoms with van der Waals surface area (Å²) in [6.07, 6.45) is 1.40. The van der Waals surface area contributed by atoms with Crippen molar-refractivity contribution in [2.45, 2.75) is 31.7 Å². The molecular formula is C23H25FN2O4. The molecule has 0 atom stereocenters. The number of esters is 1. The quantitative estimate of drug-likeness (QED) is 0.643. The number of nitrogens with zero attached hydrogens (tertiary/aromatic N) is 1. The van der Waals surface area contributed by atoms with E-state index in [-0.39, 0.29) is 24.8 Å². The number of amides is 2. The van der Waals surface area contributed by atoms with Crippen molar-refractivity contribution in [2.75, 3.05) is 19.7 Å². The summed E-state index contributed by atoms with van der Waals surface area (Å²) in [6.45, 7) is 1.76. The second kappa shape index (κ2) is 9.52. The van der Waals surface area contributed by atoms with Gasteiger partial charge in [-0.05, 0) is 43.0 Å². The maximum Gasteiger partial charge on any atom is 0.317 e. The molecule has 30 heavy (non-hydrogen) atoms. The normalized spacial score (nSPS) is 13.9. The molecule has 2 aromatic rings. The molecule has 2 aromatic carbocycles. The van der Waals surface area contributed by atoms with Crippen LogP contribution in [0.4, 0.5) is 4.39 Å². The number of nitrogens with one attached hydrogen (secondary N) is 1. The van der Waals surface area contributed by atoms with Gasteiger partial charge >= 0.3 is 5.97 Å². The molecule has 0 radical (unpaired) electrons. The Morgan fingerprint density at radius 2 is 1.73 bits per heavy atom. The maximum atomic E-state index is 12.9. The second-order valence-electron chi connectivity index (χ2n) is 7.34. The topological polar surface area (TPSA) is 75.7 Å². The van der Waals surface area contributed by atoms with Crippen LogP contribution in [0.25, 0.3) is 0 Å². The third-order valence-corrected chi connectivity index (χ3v) is 5.27. The number of halogens is 1. The fraction of sp³-hybridized carbons (Fsp3) is 0.348. The van der Waals surface area contributed by atoms with Gasteiger partial charge in [0.05, 0.1) is 12.0 Å². The van der Waals surface area contributed by atoms with Gasteiger partial charge in [-0.15, -0.1) is 0 Å². The third kappa shape index (κ3) is 5.23. The summed E-state index contributed by atoms with van der Waals surface area (Å²) in [5, 5.41) is 2.70. The van der Waals surface area contributed by atoms with Gasteiger partial charge in [0.1, 0.15) is 5.82 Å². The maximum absolute atomic E-state index is 12.9. The monoisotopic (exact) mass is 412 g/mol. The van der Waals surface area contributed by atoms with E-state index in [1.807, 2.05) is 30.3 Å². The van der Waals surface area contributed by atoms with E-state index in [0.717, 1.165) is 11.1 Å². The molecule has 1 aliphatic rings. The van der Waals surface area contributed by atoms with Crippen molar-refractivity contribution >= 4 is 17.8 Å². The average Bonchev–Trinajstić information content (AvgIpc) is 3.58. The number of hydrogen-bond acceptors (Lipinski definition) is 4. The average molecular weight is 412 g/mol. The molecule has 0 saturated heterocycles. The number of ether oxygens (including phenoxy) is 1. The number of benzene rings is 2. The first-order chi connectivity index (χ1) is 14.4. The van der Waals surface area contributed by atoms with Crippen LogP contribution in [-0.4, -0.2) is 42.4 Å². The van der Waals surface area contributed by atoms with Crippen LogP contribution in [0.15, 0.2) is 54.6 Å². The van der Waals surface area contributed by atoms with Crippen LogP contribution < -0.4 is 5.32 Å². The van der Waals surface area contributed by atoms with Crippen LogP contribution in [0.1, 0.15) is 30.9 Å². The minimum atomic E-state index is -0.648. The summed E-state index contributed by atoms with van der Waals surface area (Å²) in [5.74, 6) is -1.52. The largest absolute Gasteiger partial charge is 0.455 e. The fourth-order valence-corrected chi connectivity index (χ4v) is 3.26. The van der Waals surface area contributed by atoms with Crippen LogP contribution in [0.5, 0.6) is 0 Å². The SMILES string of the molecule is CCN(CC(=O)NCc1ccc(F)cc1)C(=O)COC(=O)C1(c2ccccc2)CC1. The Kier molecular flexibility index (Phi) is 6.82. The van der Waals surface area contributed by atoms with Crippen molar-refractivity contribution in [1.29, 1.82) is 0 Å². The molecular weight excluding hydrogens is 387 g/mol. The third-order valence-electron chi connectivity index (χ3n) is 5.27. The van der Waals surface area contributed by atoms with Crippen molar-refractivity contribution in [3.05, 3.63) is 71.5 Å². The first kappa shape index (κ1) is 21.5. The highest BCUT2D eigenvalue weighted by atomic mass is 19.1. The smallest absolute Gasteiger partial charge is 0.317 e. The summed E-state index contributed by atoms with van der Waals surface area (Å²) in [4.78, 5) is 38.5. The fourth-order valence-electron chi connectivity index (χ4n) is 3.26. The molecule has 6 nitrogen and oxygen atoms in total. The second-order valence-corrected chi connectivity index (χ2v) is 7.34. The van der Waals surface area contributed by atoms with Crippen LogP contribution in [0.2, 0.25) is 0 Å². The molecule has 1 N–H and O–H groups in total. The van der Waals surface area contributed by atoms with Gasteiger partial charge in [0.25, 0.3) is 5.91 Å². The lowest BCUT2D eigenvalue weighted by molar-refractivity contribution is -0.154. The Labute approximate surface area is 175 Å². The van der Waals surface area contributed by atoms with E-state index in [4.69, 9.17) is 4.74 Å². The first-order valence-corrected chi connectivity index (χ1v) is 9.96. The lowest BCUT2D eigenvalue weighted by atomic mass is 9.96. The number of likely N-dealkylation sites (N-methyl/N-ethyl adjacent to an activating group) is 1. The van der Waals surface area contributed by atoms with E-state index in [2.05, 4.69) is 5.32 Å². The number of carbonyl (C=O) groups is 3. The van der Waals surface area contributed by atoms with Gasteiger partial charge < -0.3 is 15.0 Å². The molecule has 1 fully saturated rings. The van der Waals surface area contributed by atoms with Gasteiger partial charge in [0.15, 0.2) is 6.61 Å². The van der Waals surface area contributed by atoms with Crippen molar-refractivity contribution < 1.29 is 23.5 Å². The van der Waals surface area contributed by atoms with Crippen molar-refractivity contribution in [3.63, 3.8) is 0 Å². The highest BCUT2D eigenvalue weighted by molar-refractivity contribution is 5.90. The van der Waals surface area contributed by atoms with Gasteiger partial charge in [-0.2, -0.15) is 0 Å². The van der Waals surface area contributed by atoms with Crippen molar-refractivity contribution in [1.82, 2.24) is 10.2 Å². The van der Waals surface area contributed by atoms with Gasteiger partial charge in [0.2, 0.25) is 5.91 Å². The standard InChI is InChI=1S/C23H25FN2O4/c1-2-26(15-20(27)25-14-17-8-10-19(24)11-9-17)21(28)16-30-22(29)23(12-13-23)18-6-4-3-5-7-18/h3-11H,2,12-16H2,1H3,(H,25,27). The Bertz CT molecular complexity index is 895. The summed E-state index contributed by atoms with van der Waals surface area (Å²) in [7, 11) is 0. The van der Waals surface area contributed by atoms with E-state index in [1.54, 1.807) is 19.1 Å². The molecule has 3 rings (SSSR count). The summed E-state index contributed by atoms with van der Waals surface area (Å²) in [5.41, 5.74) is 1.00. The molecule has 0 bridgehead atoms. The lowest BCUT2D eigenvalue weighted by Crippen LogP contribution is -2.42. The Balaban J connectivity index is 1.47. The molecule has 1 saturated carbocycles. The van der Waals surface area contributed by atoms with E-state index in [0.29, 0.717) is 19.4 Å². The molecule has 0 aromatic heterocycles. The summed E-state index contributed by atoms with van der Waals surface area (Å²) < 4.78 is 18.2. The Morgan fingerprint density at radius 3 is 2.33 bits per heavy atom. The van der Waals surface area contributed by atoms with Crippen LogP contribution in [0.3, 0.4) is 0 Å². The zero-order valence-corrected chi connectivity index (χ0v) is 16.9. The van der Waals surface area contributed by atoms with Crippen LogP contribution >= 0.6 is 0 Å². The van der Waals surface area contributed by atoms with E-state index in [1.165, 1.54) is 17.0 Å². The summed E-state index contributed by atoms with van der Waals surface area (Å²) >= 11 is 0. The molecule has 158 valence electrons. The molecule has 0 unspecified atom stereocenters. The van der Waals surface area contributed by atoms with Crippen LogP contribution in [-0.2, 0) is 31.1 Å². The van der Waals surface area contributed by atoms with Gasteiger partial charge in [-0.1, -0.05) is 42.5 Å². The van der Waals surface area contributed by atoms with Crippen LogP contribution in [0, 0.1) is 5.82 Å². The Morgan fingerprint density at radius 1 is 1.07 bits per heavy atom. The molecule has 0 heterocycles. The zero-order chi connectivity index (χ0) is 21.6. The van der Waals surface area contributed by atoms with E-state index < -0.39 is 23.9 Å². The number of rotatable bonds is 9. The van der Waals surface area contributed by atoms with Gasteiger partial charge in [-0.25, -0.2) is 4.39 Å². The number of carbonyl (C=O) groups excluding carboxylic acids is 3. The van der Waals surface area contributed by atoms with E-state index in [9.17, 15) is 18.8 Å². The van der Waals surface area contributed by atoms with Crippen molar-refractivity contribution in [3.8, 4) is 0 Å². The molecule has 0 aliphatic heterocycles. The highest BCUT2D eigenvalue weighted by Crippen LogP contribution is 2.49. The van der Waals surface area contributed by atoms with Gasteiger partial charge in [0, 0.05) is 13.1 Å². The highest BCUT2D eigenvalue weighted by Gasteiger charge is 2.52. The first-order valence-electron chi connectivity index (χ1n) is 9.96. The van der Waals surface area contributed by atoms with Crippen molar-refractivity contribution in [2.24, 2.45) is 0 Å². The summed E-state index contributed by atoms with van der Waals surface area (Å²) in [6, 6.07) is 15.2. The lowest BCUT2D eigenvalue weighted by Gasteiger charge is -2.21. The minimum Gasteiger partial charge on any atom is -0.455 e. The predicted octanol–water partition coefficient (Wildman–Crippen LogP) is 2.57. The van der Waals surface area contributed by atoms with E-state index >= 15 is 0 Å². The van der Waals surface area contributed by atoms with Gasteiger partial charge in [-0.3, -0.25) is 14.4 Å². The molecule has 7 heteroatoms. The molecule has 1 aliphatic carbocycles. The predicted molar refractivity (Wildman–Crippen MR) is 109 cm³/mol.